The Morgan fingerprint density at radius 1 is 0.216 bits per heavy atom. The van der Waals surface area contributed by atoms with Crippen molar-refractivity contribution in [1.29, 1.82) is 0 Å². The predicted octanol–water partition coefficient (Wildman–Crippen LogP) is 10.5. The molecule has 6 rings (SSSR count). The van der Waals surface area contributed by atoms with Crippen LogP contribution in [0.1, 0.15) is 0 Å². The van der Waals surface area contributed by atoms with Gasteiger partial charge in [-0.3, -0.25) is 0 Å². The van der Waals surface area contributed by atoms with Crippen LogP contribution in [0.25, 0.3) is 44.5 Å². The quantitative estimate of drug-likeness (QED) is 0.224. The number of benzene rings is 6. The van der Waals surface area contributed by atoms with Crippen LogP contribution >= 0.6 is 11.8 Å². The Labute approximate surface area is 223 Å². The molecule has 0 spiro atoms. The van der Waals surface area contributed by atoms with E-state index in [2.05, 4.69) is 158 Å². The molecule has 0 fully saturated rings. The first-order valence-electron chi connectivity index (χ1n) is 12.5. The summed E-state index contributed by atoms with van der Waals surface area (Å²) in [6, 6.07) is 56.3. The zero-order valence-corrected chi connectivity index (χ0v) is 21.2. The maximum atomic E-state index is 2.21. The van der Waals surface area contributed by atoms with Crippen molar-refractivity contribution in [3.05, 3.63) is 158 Å². The van der Waals surface area contributed by atoms with Gasteiger partial charge in [0.1, 0.15) is 0 Å². The Kier molecular flexibility index (Phi) is 6.70. The van der Waals surface area contributed by atoms with E-state index < -0.39 is 0 Å². The van der Waals surface area contributed by atoms with E-state index >= 15 is 0 Å². The van der Waals surface area contributed by atoms with Gasteiger partial charge in [-0.2, -0.15) is 0 Å². The monoisotopic (exact) mass is 490 g/mol. The minimum absolute atomic E-state index is 1.23. The molecular formula is C36H26S. The molecule has 0 aliphatic carbocycles. The zero-order chi connectivity index (χ0) is 24.9. The highest BCUT2D eigenvalue weighted by molar-refractivity contribution is 7.99. The van der Waals surface area contributed by atoms with Gasteiger partial charge in [-0.1, -0.05) is 145 Å². The third-order valence-electron chi connectivity index (χ3n) is 6.60. The summed E-state index contributed by atoms with van der Waals surface area (Å²) in [7, 11) is 0. The molecule has 6 aromatic carbocycles. The van der Waals surface area contributed by atoms with Crippen LogP contribution in [-0.4, -0.2) is 0 Å². The molecule has 0 heterocycles. The summed E-state index contributed by atoms with van der Waals surface area (Å²) in [6.07, 6.45) is 0. The van der Waals surface area contributed by atoms with Gasteiger partial charge in [0.25, 0.3) is 0 Å². The predicted molar refractivity (Wildman–Crippen MR) is 159 cm³/mol. The van der Waals surface area contributed by atoms with Gasteiger partial charge in [0.15, 0.2) is 0 Å². The van der Waals surface area contributed by atoms with E-state index in [1.54, 1.807) is 11.8 Å². The largest absolute Gasteiger partial charge is 0.0901 e. The van der Waals surface area contributed by atoms with Crippen LogP contribution in [0.2, 0.25) is 0 Å². The second-order valence-corrected chi connectivity index (χ2v) is 10.2. The molecule has 1 heteroatoms. The molecule has 0 N–H and O–H groups in total. The highest BCUT2D eigenvalue weighted by Gasteiger charge is 2.04. The van der Waals surface area contributed by atoms with Crippen LogP contribution in [0.15, 0.2) is 168 Å². The van der Waals surface area contributed by atoms with Gasteiger partial charge >= 0.3 is 0 Å². The maximum Gasteiger partial charge on any atom is 0.0122 e. The molecule has 0 atom stereocenters. The Hall–Kier alpha value is -4.33. The topological polar surface area (TPSA) is 0 Å². The summed E-state index contributed by atoms with van der Waals surface area (Å²) in [5.74, 6) is 0. The lowest BCUT2D eigenvalue weighted by molar-refractivity contribution is 1.40. The van der Waals surface area contributed by atoms with Crippen LogP contribution in [0.4, 0.5) is 0 Å². The highest BCUT2D eigenvalue weighted by Crippen LogP contribution is 2.32. The summed E-state index contributed by atoms with van der Waals surface area (Å²) in [4.78, 5) is 2.49. The molecule has 37 heavy (non-hydrogen) atoms. The molecule has 0 amide bonds. The molecule has 0 saturated heterocycles. The van der Waals surface area contributed by atoms with Crippen molar-refractivity contribution >= 4 is 11.8 Å². The molecule has 0 saturated carbocycles. The lowest BCUT2D eigenvalue weighted by Crippen LogP contribution is -1.82. The van der Waals surface area contributed by atoms with Crippen LogP contribution in [-0.2, 0) is 0 Å². The average Bonchev–Trinajstić information content (AvgIpc) is 2.99. The van der Waals surface area contributed by atoms with Crippen molar-refractivity contribution in [3.63, 3.8) is 0 Å². The third kappa shape index (κ3) is 5.43. The van der Waals surface area contributed by atoms with E-state index in [1.807, 2.05) is 0 Å². The van der Waals surface area contributed by atoms with Crippen LogP contribution in [0, 0.1) is 0 Å². The van der Waals surface area contributed by atoms with Gasteiger partial charge in [0.2, 0.25) is 0 Å². The van der Waals surface area contributed by atoms with Gasteiger partial charge in [0.05, 0.1) is 0 Å². The maximum absolute atomic E-state index is 2.21. The summed E-state index contributed by atoms with van der Waals surface area (Å²) >= 11 is 1.79. The van der Waals surface area contributed by atoms with E-state index in [4.69, 9.17) is 0 Å². The Balaban J connectivity index is 1.12. The fourth-order valence-electron chi connectivity index (χ4n) is 4.54. The first-order chi connectivity index (χ1) is 18.3. The Morgan fingerprint density at radius 3 is 0.703 bits per heavy atom. The molecule has 0 radical (unpaired) electrons. The average molecular weight is 491 g/mol. The van der Waals surface area contributed by atoms with E-state index in [-0.39, 0.29) is 0 Å². The summed E-state index contributed by atoms with van der Waals surface area (Å²) < 4.78 is 0. The number of rotatable bonds is 6. The second-order valence-electron chi connectivity index (χ2n) is 9.04. The molecule has 0 nitrogen and oxygen atoms in total. The first-order valence-corrected chi connectivity index (χ1v) is 13.3. The summed E-state index contributed by atoms with van der Waals surface area (Å²) in [6.45, 7) is 0. The SMILES string of the molecule is c1ccc(-c2ccc(Sc3ccc(-c4ccc(-c5ccc(-c6ccccc6)cc5)cc4)cc3)cc2)cc1. The first kappa shape index (κ1) is 23.1. The summed E-state index contributed by atoms with van der Waals surface area (Å²) in [5.41, 5.74) is 9.91. The number of hydrogen-bond acceptors (Lipinski definition) is 1. The van der Waals surface area contributed by atoms with Crippen molar-refractivity contribution in [2.24, 2.45) is 0 Å². The zero-order valence-electron chi connectivity index (χ0n) is 20.4. The second kappa shape index (κ2) is 10.7. The van der Waals surface area contributed by atoms with Crippen molar-refractivity contribution in [2.45, 2.75) is 9.79 Å². The van der Waals surface area contributed by atoms with Gasteiger partial charge < -0.3 is 0 Å². The van der Waals surface area contributed by atoms with Crippen LogP contribution in [0.5, 0.6) is 0 Å². The molecule has 0 aliphatic heterocycles. The van der Waals surface area contributed by atoms with Gasteiger partial charge in [-0.25, -0.2) is 0 Å². The third-order valence-corrected chi connectivity index (χ3v) is 7.61. The normalized spacial score (nSPS) is 10.8. The molecule has 0 aliphatic rings. The Morgan fingerprint density at radius 2 is 0.432 bits per heavy atom. The van der Waals surface area contributed by atoms with Gasteiger partial charge in [-0.05, 0) is 68.8 Å². The fourth-order valence-corrected chi connectivity index (χ4v) is 5.35. The molecule has 6 aromatic rings. The molecule has 176 valence electrons. The highest BCUT2D eigenvalue weighted by atomic mass is 32.2. The molecule has 0 bridgehead atoms. The smallest absolute Gasteiger partial charge is 0.0122 e. The van der Waals surface area contributed by atoms with Gasteiger partial charge in [0, 0.05) is 9.79 Å². The Bertz CT molecular complexity index is 1570. The van der Waals surface area contributed by atoms with E-state index in [9.17, 15) is 0 Å². The van der Waals surface area contributed by atoms with E-state index in [0.717, 1.165) is 0 Å². The standard InChI is InChI=1S/C36H26S/c1-3-7-27(8-4-1)29-11-13-30(14-12-29)31-15-17-32(18-16-31)34-21-25-36(26-22-34)37-35-23-19-33(20-24-35)28-9-5-2-6-10-28/h1-26H. The number of hydrogen-bond donors (Lipinski definition) is 0. The van der Waals surface area contributed by atoms with Crippen molar-refractivity contribution < 1.29 is 0 Å². The lowest BCUT2D eigenvalue weighted by Gasteiger charge is -2.08. The fraction of sp³-hybridized carbons (Fsp3) is 0. The van der Waals surface area contributed by atoms with Crippen LogP contribution < -0.4 is 0 Å². The lowest BCUT2D eigenvalue weighted by atomic mass is 9.98. The molecule has 0 aromatic heterocycles. The van der Waals surface area contributed by atoms with Gasteiger partial charge in [-0.15, -0.1) is 0 Å². The van der Waals surface area contributed by atoms with Crippen LogP contribution in [0.3, 0.4) is 0 Å². The van der Waals surface area contributed by atoms with E-state index in [0.29, 0.717) is 0 Å². The van der Waals surface area contributed by atoms with Crippen molar-refractivity contribution in [1.82, 2.24) is 0 Å². The molecule has 0 unspecified atom stereocenters. The summed E-state index contributed by atoms with van der Waals surface area (Å²) in [5, 5.41) is 0. The molecular weight excluding hydrogens is 464 g/mol. The van der Waals surface area contributed by atoms with Crippen molar-refractivity contribution in [2.75, 3.05) is 0 Å². The minimum Gasteiger partial charge on any atom is -0.0901 e. The van der Waals surface area contributed by atoms with E-state index in [1.165, 1.54) is 54.3 Å². The van der Waals surface area contributed by atoms with Crippen molar-refractivity contribution in [3.8, 4) is 44.5 Å². The minimum atomic E-state index is 1.23.